The fourth-order valence-corrected chi connectivity index (χ4v) is 2.92. The highest BCUT2D eigenvalue weighted by Crippen LogP contribution is 2.33. The molecule has 0 aromatic heterocycles. The highest BCUT2D eigenvalue weighted by molar-refractivity contribution is 5.91. The van der Waals surface area contributed by atoms with Crippen LogP contribution in [-0.4, -0.2) is 25.8 Å². The standard InChI is InChI=1S/C20H32O4/c1-7-11-12-16-17(22-5)13-15(14-18(16)23-6)19(21)24-20(8-2,9-3)10-4/h13-14H,7-12H2,1-6H3. The number of unbranched alkanes of at least 4 members (excludes halogenated alkanes) is 1. The molecule has 0 fully saturated rings. The molecule has 136 valence electrons. The minimum Gasteiger partial charge on any atom is -0.496 e. The van der Waals surface area contributed by atoms with Crippen LogP contribution in [-0.2, 0) is 11.2 Å². The molecular formula is C20H32O4. The van der Waals surface area contributed by atoms with Gasteiger partial charge in [-0.2, -0.15) is 0 Å². The lowest BCUT2D eigenvalue weighted by molar-refractivity contribution is -0.0249. The summed E-state index contributed by atoms with van der Waals surface area (Å²) in [6.07, 6.45) is 5.39. The van der Waals surface area contributed by atoms with Gasteiger partial charge in [0.05, 0.1) is 19.8 Å². The van der Waals surface area contributed by atoms with E-state index in [1.165, 1.54) is 0 Å². The zero-order valence-corrected chi connectivity index (χ0v) is 16.0. The van der Waals surface area contributed by atoms with Crippen LogP contribution in [0.15, 0.2) is 12.1 Å². The third-order valence-electron chi connectivity index (χ3n) is 4.87. The minimum absolute atomic E-state index is 0.320. The maximum Gasteiger partial charge on any atom is 0.338 e. The van der Waals surface area contributed by atoms with Gasteiger partial charge in [-0.15, -0.1) is 0 Å². The van der Waals surface area contributed by atoms with Crippen LogP contribution in [0.4, 0.5) is 0 Å². The van der Waals surface area contributed by atoms with E-state index in [9.17, 15) is 4.79 Å². The predicted octanol–water partition coefficient (Wildman–Crippen LogP) is 5.17. The van der Waals surface area contributed by atoms with E-state index in [-0.39, 0.29) is 5.97 Å². The molecule has 0 aliphatic carbocycles. The maximum atomic E-state index is 12.7. The monoisotopic (exact) mass is 336 g/mol. The highest BCUT2D eigenvalue weighted by Gasteiger charge is 2.29. The molecule has 1 aromatic rings. The highest BCUT2D eigenvalue weighted by atomic mass is 16.6. The van der Waals surface area contributed by atoms with Crippen LogP contribution in [0.2, 0.25) is 0 Å². The number of methoxy groups -OCH3 is 2. The second-order valence-electron chi connectivity index (χ2n) is 6.10. The van der Waals surface area contributed by atoms with Crippen LogP contribution >= 0.6 is 0 Å². The van der Waals surface area contributed by atoms with Crippen molar-refractivity contribution in [2.45, 2.75) is 71.8 Å². The summed E-state index contributed by atoms with van der Waals surface area (Å²) < 4.78 is 16.8. The van der Waals surface area contributed by atoms with Crippen LogP contribution in [0.5, 0.6) is 11.5 Å². The number of carbonyl (C=O) groups is 1. The quantitative estimate of drug-likeness (QED) is 0.553. The Kier molecular flexibility index (Phi) is 8.09. The molecule has 4 heteroatoms. The smallest absolute Gasteiger partial charge is 0.338 e. The van der Waals surface area contributed by atoms with Crippen LogP contribution in [0, 0.1) is 0 Å². The van der Waals surface area contributed by atoms with Gasteiger partial charge in [-0.1, -0.05) is 34.1 Å². The maximum absolute atomic E-state index is 12.7. The first-order valence-corrected chi connectivity index (χ1v) is 8.98. The Hall–Kier alpha value is -1.71. The fraction of sp³-hybridized carbons (Fsp3) is 0.650. The SMILES string of the molecule is CCCCc1c(OC)cc(C(=O)OC(CC)(CC)CC)cc1OC. The summed E-state index contributed by atoms with van der Waals surface area (Å²) in [4.78, 5) is 12.7. The van der Waals surface area contributed by atoms with Gasteiger partial charge in [0.15, 0.2) is 0 Å². The summed E-state index contributed by atoms with van der Waals surface area (Å²) in [5.41, 5.74) is 1.08. The Morgan fingerprint density at radius 3 is 1.83 bits per heavy atom. The average Bonchev–Trinajstić information content (AvgIpc) is 2.63. The largest absolute Gasteiger partial charge is 0.496 e. The van der Waals surface area contributed by atoms with Crippen LogP contribution in [0.25, 0.3) is 0 Å². The summed E-state index contributed by atoms with van der Waals surface area (Å²) in [5.74, 6) is 1.05. The molecule has 0 heterocycles. The molecule has 0 N–H and O–H groups in total. The normalized spacial score (nSPS) is 11.2. The molecule has 0 bridgehead atoms. The Balaban J connectivity index is 3.17. The topological polar surface area (TPSA) is 44.8 Å². The predicted molar refractivity (Wildman–Crippen MR) is 97.2 cm³/mol. The van der Waals surface area contributed by atoms with Crippen LogP contribution in [0.3, 0.4) is 0 Å². The van der Waals surface area contributed by atoms with Gasteiger partial charge in [0.2, 0.25) is 0 Å². The molecule has 0 atom stereocenters. The van der Waals surface area contributed by atoms with Crippen molar-refractivity contribution < 1.29 is 19.0 Å². The zero-order chi connectivity index (χ0) is 18.2. The number of hydrogen-bond acceptors (Lipinski definition) is 4. The van der Waals surface area contributed by atoms with Crippen molar-refractivity contribution in [1.29, 1.82) is 0 Å². The lowest BCUT2D eigenvalue weighted by atomic mass is 9.94. The Morgan fingerprint density at radius 2 is 1.46 bits per heavy atom. The van der Waals surface area contributed by atoms with E-state index < -0.39 is 5.60 Å². The summed E-state index contributed by atoms with van der Waals surface area (Å²) >= 11 is 0. The molecule has 1 rings (SSSR count). The molecule has 0 saturated carbocycles. The second-order valence-corrected chi connectivity index (χ2v) is 6.10. The van der Waals surface area contributed by atoms with E-state index in [0.717, 1.165) is 44.1 Å². The van der Waals surface area contributed by atoms with E-state index in [4.69, 9.17) is 14.2 Å². The zero-order valence-electron chi connectivity index (χ0n) is 16.0. The van der Waals surface area contributed by atoms with Gasteiger partial charge >= 0.3 is 5.97 Å². The third kappa shape index (κ3) is 4.65. The lowest BCUT2D eigenvalue weighted by Crippen LogP contribution is -2.33. The first-order valence-electron chi connectivity index (χ1n) is 8.98. The molecule has 0 unspecified atom stereocenters. The number of esters is 1. The van der Waals surface area contributed by atoms with Gasteiger partial charge in [-0.25, -0.2) is 4.79 Å². The van der Waals surface area contributed by atoms with Crippen molar-refractivity contribution >= 4 is 5.97 Å². The first-order chi connectivity index (χ1) is 11.5. The Morgan fingerprint density at radius 1 is 0.958 bits per heavy atom. The summed E-state index contributed by atoms with van der Waals surface area (Å²) in [6, 6.07) is 3.53. The number of rotatable bonds is 10. The number of hydrogen-bond donors (Lipinski definition) is 0. The first kappa shape index (κ1) is 20.3. The molecule has 0 amide bonds. The molecule has 0 radical (unpaired) electrons. The lowest BCUT2D eigenvalue weighted by Gasteiger charge is -2.30. The molecule has 24 heavy (non-hydrogen) atoms. The number of ether oxygens (including phenoxy) is 3. The van der Waals surface area contributed by atoms with Crippen molar-refractivity contribution in [3.05, 3.63) is 23.3 Å². The third-order valence-corrected chi connectivity index (χ3v) is 4.87. The minimum atomic E-state index is -0.404. The van der Waals surface area contributed by atoms with E-state index in [1.807, 2.05) is 0 Å². The summed E-state index contributed by atoms with van der Waals surface area (Å²) in [6.45, 7) is 8.30. The molecule has 0 aliphatic heterocycles. The van der Waals surface area contributed by atoms with E-state index in [1.54, 1.807) is 26.4 Å². The van der Waals surface area contributed by atoms with Gasteiger partial charge < -0.3 is 14.2 Å². The molecule has 1 aromatic carbocycles. The van der Waals surface area contributed by atoms with Gasteiger partial charge in [-0.3, -0.25) is 0 Å². The number of carbonyl (C=O) groups excluding carboxylic acids is 1. The second kappa shape index (κ2) is 9.55. The average molecular weight is 336 g/mol. The number of benzene rings is 1. The van der Waals surface area contributed by atoms with Crippen molar-refractivity contribution in [1.82, 2.24) is 0 Å². The van der Waals surface area contributed by atoms with Crippen LogP contribution in [0.1, 0.15) is 75.7 Å². The van der Waals surface area contributed by atoms with Gasteiger partial charge in [0, 0.05) is 5.56 Å². The van der Waals surface area contributed by atoms with E-state index in [0.29, 0.717) is 17.1 Å². The summed E-state index contributed by atoms with van der Waals surface area (Å²) in [7, 11) is 3.24. The van der Waals surface area contributed by atoms with Crippen molar-refractivity contribution in [3.63, 3.8) is 0 Å². The van der Waals surface area contributed by atoms with Crippen molar-refractivity contribution in [3.8, 4) is 11.5 Å². The van der Waals surface area contributed by atoms with E-state index >= 15 is 0 Å². The molecule has 4 nitrogen and oxygen atoms in total. The summed E-state index contributed by atoms with van der Waals surface area (Å²) in [5, 5.41) is 0. The molecule has 0 saturated heterocycles. The molecular weight excluding hydrogens is 304 g/mol. The van der Waals surface area contributed by atoms with Crippen molar-refractivity contribution in [2.24, 2.45) is 0 Å². The van der Waals surface area contributed by atoms with E-state index in [2.05, 4.69) is 27.7 Å². The Bertz CT molecular complexity index is 499. The molecule has 0 aliphatic rings. The van der Waals surface area contributed by atoms with Gasteiger partial charge in [0.25, 0.3) is 0 Å². The van der Waals surface area contributed by atoms with Crippen LogP contribution < -0.4 is 9.47 Å². The fourth-order valence-electron chi connectivity index (χ4n) is 2.92. The van der Waals surface area contributed by atoms with Gasteiger partial charge in [-0.05, 0) is 44.2 Å². The van der Waals surface area contributed by atoms with Gasteiger partial charge in [0.1, 0.15) is 17.1 Å². The Labute approximate surface area is 146 Å². The van der Waals surface area contributed by atoms with Crippen molar-refractivity contribution in [2.75, 3.05) is 14.2 Å². The molecule has 0 spiro atoms.